The molecule has 1 saturated heterocycles. The van der Waals surface area contributed by atoms with Crippen LogP contribution in [0.5, 0.6) is 0 Å². The number of nitrogens with zero attached hydrogens (tertiary/aromatic N) is 2. The lowest BCUT2D eigenvalue weighted by atomic mass is 10.1. The first-order valence-corrected chi connectivity index (χ1v) is 9.60. The Balaban J connectivity index is 1.66. The van der Waals surface area contributed by atoms with Crippen molar-refractivity contribution in [2.45, 2.75) is 37.8 Å². The molecule has 2 aromatic heterocycles. The normalized spacial score (nSPS) is 21.7. The number of H-pyrrole nitrogens is 2. The smallest absolute Gasteiger partial charge is 0.242 e. The van der Waals surface area contributed by atoms with Gasteiger partial charge in [-0.05, 0) is 0 Å². The summed E-state index contributed by atoms with van der Waals surface area (Å²) in [5.74, 6) is -1.56. The number of nitrogens with one attached hydrogen (secondary N) is 6. The van der Waals surface area contributed by atoms with Gasteiger partial charge in [0, 0.05) is 56.9 Å². The number of carbonyl (C=O) groups excluding carboxylic acids is 4. The molecule has 3 rings (SSSR count). The van der Waals surface area contributed by atoms with Crippen molar-refractivity contribution in [3.05, 3.63) is 36.4 Å². The highest BCUT2D eigenvalue weighted by molar-refractivity contribution is 5.90. The van der Waals surface area contributed by atoms with Crippen molar-refractivity contribution >= 4 is 23.6 Å². The predicted octanol–water partition coefficient (Wildman–Crippen LogP) is -2.09. The van der Waals surface area contributed by atoms with E-state index in [4.69, 9.17) is 0 Å². The van der Waals surface area contributed by atoms with Gasteiger partial charge in [0.15, 0.2) is 0 Å². The van der Waals surface area contributed by atoms with Crippen molar-refractivity contribution in [2.24, 2.45) is 0 Å². The van der Waals surface area contributed by atoms with Gasteiger partial charge in [0.25, 0.3) is 0 Å². The van der Waals surface area contributed by atoms with Crippen LogP contribution in [0.25, 0.3) is 0 Å². The molecule has 0 unspecified atom stereocenters. The Bertz CT molecular complexity index is 793. The number of carbonyl (C=O) groups is 4. The van der Waals surface area contributed by atoms with E-state index in [1.807, 2.05) is 0 Å². The summed E-state index contributed by atoms with van der Waals surface area (Å²) < 4.78 is 0. The Kier molecular flexibility index (Phi) is 7.14. The van der Waals surface area contributed by atoms with Crippen LogP contribution in [-0.4, -0.2) is 68.7 Å². The maximum atomic E-state index is 12.5. The zero-order valence-electron chi connectivity index (χ0n) is 16.2. The van der Waals surface area contributed by atoms with Crippen LogP contribution in [0.15, 0.2) is 25.0 Å². The van der Waals surface area contributed by atoms with E-state index in [0.717, 1.165) is 0 Å². The molecule has 3 heterocycles. The van der Waals surface area contributed by atoms with Crippen LogP contribution in [0.2, 0.25) is 0 Å². The largest absolute Gasteiger partial charge is 0.354 e. The third-order valence-electron chi connectivity index (χ3n) is 4.55. The Morgan fingerprint density at radius 3 is 2.03 bits per heavy atom. The van der Waals surface area contributed by atoms with Gasteiger partial charge in [-0.1, -0.05) is 0 Å². The predicted molar refractivity (Wildman–Crippen MR) is 104 cm³/mol. The van der Waals surface area contributed by atoms with Gasteiger partial charge in [-0.3, -0.25) is 19.2 Å². The molecule has 0 bridgehead atoms. The number of amides is 4. The SMILES string of the molecule is O=C1CCNC(=O)[C@H](Cc2cnc[nH]2)NC(=O)CCNC(=O)[C@H](Cc2c[nH]cn2)N1. The van der Waals surface area contributed by atoms with Gasteiger partial charge in [0.2, 0.25) is 23.6 Å². The number of hydrogen-bond acceptors (Lipinski definition) is 6. The van der Waals surface area contributed by atoms with Gasteiger partial charge < -0.3 is 31.2 Å². The second kappa shape index (κ2) is 10.2. The van der Waals surface area contributed by atoms with Gasteiger partial charge >= 0.3 is 0 Å². The summed E-state index contributed by atoms with van der Waals surface area (Å²) in [7, 11) is 0. The monoisotopic (exact) mass is 416 g/mol. The van der Waals surface area contributed by atoms with E-state index in [-0.39, 0.29) is 50.6 Å². The van der Waals surface area contributed by atoms with E-state index >= 15 is 0 Å². The van der Waals surface area contributed by atoms with E-state index in [9.17, 15) is 19.2 Å². The van der Waals surface area contributed by atoms with Gasteiger partial charge in [-0.25, -0.2) is 9.97 Å². The fourth-order valence-corrected chi connectivity index (χ4v) is 3.02. The average Bonchev–Trinajstić information content (AvgIpc) is 3.40. The summed E-state index contributed by atoms with van der Waals surface area (Å²) in [4.78, 5) is 63.3. The maximum absolute atomic E-state index is 12.5. The molecule has 0 saturated carbocycles. The van der Waals surface area contributed by atoms with Crippen LogP contribution < -0.4 is 21.3 Å². The van der Waals surface area contributed by atoms with Crippen LogP contribution in [0, 0.1) is 0 Å². The first-order valence-electron chi connectivity index (χ1n) is 9.60. The molecule has 0 aromatic carbocycles. The van der Waals surface area contributed by atoms with E-state index in [1.54, 1.807) is 12.4 Å². The molecule has 12 nitrogen and oxygen atoms in total. The van der Waals surface area contributed by atoms with Gasteiger partial charge in [-0.15, -0.1) is 0 Å². The fourth-order valence-electron chi connectivity index (χ4n) is 3.02. The Labute approximate surface area is 172 Å². The van der Waals surface area contributed by atoms with Gasteiger partial charge in [0.05, 0.1) is 18.3 Å². The molecule has 2 atom stereocenters. The van der Waals surface area contributed by atoms with Crippen molar-refractivity contribution in [1.29, 1.82) is 0 Å². The maximum Gasteiger partial charge on any atom is 0.242 e. The molecule has 30 heavy (non-hydrogen) atoms. The van der Waals surface area contributed by atoms with Crippen LogP contribution in [0.3, 0.4) is 0 Å². The first kappa shape index (κ1) is 21.0. The van der Waals surface area contributed by atoms with Crippen LogP contribution >= 0.6 is 0 Å². The average molecular weight is 416 g/mol. The summed E-state index contributed by atoms with van der Waals surface area (Å²) in [5.41, 5.74) is 1.30. The second-order valence-electron chi connectivity index (χ2n) is 6.87. The summed E-state index contributed by atoms with van der Waals surface area (Å²) >= 11 is 0. The summed E-state index contributed by atoms with van der Waals surface area (Å²) in [6.07, 6.45) is 6.57. The lowest BCUT2D eigenvalue weighted by Gasteiger charge is -2.21. The van der Waals surface area contributed by atoms with Crippen LogP contribution in [0.4, 0.5) is 0 Å². The second-order valence-corrected chi connectivity index (χ2v) is 6.87. The summed E-state index contributed by atoms with van der Waals surface area (Å²) in [6.45, 7) is 0.132. The number of aromatic nitrogens is 4. The number of hydrogen-bond donors (Lipinski definition) is 6. The van der Waals surface area contributed by atoms with Crippen molar-refractivity contribution in [3.63, 3.8) is 0 Å². The summed E-state index contributed by atoms with van der Waals surface area (Å²) in [5, 5.41) is 10.6. The van der Waals surface area contributed by atoms with Crippen LogP contribution in [-0.2, 0) is 32.0 Å². The molecule has 4 amide bonds. The highest BCUT2D eigenvalue weighted by atomic mass is 16.2. The molecule has 0 spiro atoms. The number of aromatic amines is 2. The molecule has 0 radical (unpaired) electrons. The van der Waals surface area contributed by atoms with E-state index in [0.29, 0.717) is 11.4 Å². The van der Waals surface area contributed by atoms with Crippen LogP contribution in [0.1, 0.15) is 24.2 Å². The standard InChI is InChI=1S/C18H24N8O4/c27-15-1-3-21-17(29)14(6-12-8-20-10-24-12)26-16(28)2-4-22-18(30)13(25-15)5-11-7-19-9-23-11/h7-10,13-14H,1-6H2,(H,19,23)(H,20,24)(H,21,29)(H,22,30)(H,25,27)(H,26,28)/t13-,14-/m0/s1. The minimum absolute atomic E-state index is 0.0123. The fraction of sp³-hybridized carbons (Fsp3) is 0.444. The third-order valence-corrected chi connectivity index (χ3v) is 4.55. The van der Waals surface area contributed by atoms with Crippen molar-refractivity contribution in [2.75, 3.05) is 13.1 Å². The Morgan fingerprint density at radius 2 is 1.50 bits per heavy atom. The molecular weight excluding hydrogens is 392 g/mol. The van der Waals surface area contributed by atoms with Gasteiger partial charge in [0.1, 0.15) is 12.1 Å². The molecule has 1 aliphatic heterocycles. The minimum atomic E-state index is -0.837. The number of rotatable bonds is 4. The number of imidazole rings is 2. The molecule has 6 N–H and O–H groups in total. The summed E-state index contributed by atoms with van der Waals surface area (Å²) in [6, 6.07) is -1.66. The Hall–Kier alpha value is -3.70. The molecule has 1 aliphatic rings. The van der Waals surface area contributed by atoms with E-state index in [1.165, 1.54) is 12.7 Å². The van der Waals surface area contributed by atoms with E-state index < -0.39 is 23.9 Å². The van der Waals surface area contributed by atoms with Gasteiger partial charge in [-0.2, -0.15) is 0 Å². The highest BCUT2D eigenvalue weighted by Crippen LogP contribution is 2.02. The lowest BCUT2D eigenvalue weighted by Crippen LogP contribution is -2.52. The third kappa shape index (κ3) is 6.15. The zero-order chi connectivity index (χ0) is 21.3. The molecular formula is C18H24N8O4. The highest BCUT2D eigenvalue weighted by Gasteiger charge is 2.25. The van der Waals surface area contributed by atoms with E-state index in [2.05, 4.69) is 41.2 Å². The quantitative estimate of drug-likeness (QED) is 0.333. The molecule has 2 aromatic rings. The lowest BCUT2D eigenvalue weighted by molar-refractivity contribution is -0.131. The molecule has 1 fully saturated rings. The topological polar surface area (TPSA) is 174 Å². The molecule has 12 heteroatoms. The Morgan fingerprint density at radius 1 is 0.867 bits per heavy atom. The molecule has 0 aliphatic carbocycles. The van der Waals surface area contributed by atoms with Crippen molar-refractivity contribution in [1.82, 2.24) is 41.2 Å². The first-order chi connectivity index (χ1) is 14.5. The van der Waals surface area contributed by atoms with Crippen molar-refractivity contribution in [3.8, 4) is 0 Å². The zero-order valence-corrected chi connectivity index (χ0v) is 16.2. The van der Waals surface area contributed by atoms with Crippen molar-refractivity contribution < 1.29 is 19.2 Å². The minimum Gasteiger partial charge on any atom is -0.354 e. The molecule has 160 valence electrons.